The molecule has 1 fully saturated rings. The molecule has 0 radical (unpaired) electrons. The Hall–Kier alpha value is -2.01. The maximum atomic E-state index is 12.0. The molecule has 1 saturated heterocycles. The van der Waals surface area contributed by atoms with Crippen molar-refractivity contribution in [2.24, 2.45) is 5.92 Å². The number of amides is 2. The molecule has 17 heavy (non-hydrogen) atoms. The summed E-state index contributed by atoms with van der Waals surface area (Å²) in [6.45, 7) is 3.00. The van der Waals surface area contributed by atoms with Gasteiger partial charge in [-0.05, 0) is 6.92 Å². The zero-order valence-electron chi connectivity index (χ0n) is 9.85. The summed E-state index contributed by atoms with van der Waals surface area (Å²) < 4.78 is 0. The lowest BCUT2D eigenvalue weighted by molar-refractivity contribution is -0.134. The Kier molecular flexibility index (Phi) is 4.54. The highest BCUT2D eigenvalue weighted by molar-refractivity contribution is 5.89. The standard InChI is InChI=1S/C12H15N3O2/c1-3-6-15(7-5-13)12(17)10-8-11(16)14(4-2)9-10/h1,10H,4,6-9H2,2H3/t10-/m1/s1. The van der Waals surface area contributed by atoms with E-state index in [1.807, 2.05) is 13.0 Å². The molecule has 1 aliphatic rings. The quantitative estimate of drug-likeness (QED) is 0.500. The summed E-state index contributed by atoms with van der Waals surface area (Å²) in [4.78, 5) is 26.5. The van der Waals surface area contributed by atoms with Crippen LogP contribution in [-0.4, -0.2) is 47.8 Å². The number of likely N-dealkylation sites (tertiary alicyclic amines) is 1. The average molecular weight is 233 g/mol. The average Bonchev–Trinajstić information content (AvgIpc) is 2.69. The minimum atomic E-state index is -0.357. The third-order valence-electron chi connectivity index (χ3n) is 2.80. The van der Waals surface area contributed by atoms with Gasteiger partial charge in [-0.3, -0.25) is 9.59 Å². The van der Waals surface area contributed by atoms with Gasteiger partial charge in [0.25, 0.3) is 0 Å². The molecule has 1 rings (SSSR count). The van der Waals surface area contributed by atoms with Gasteiger partial charge in [-0.15, -0.1) is 6.42 Å². The monoisotopic (exact) mass is 233 g/mol. The van der Waals surface area contributed by atoms with Gasteiger partial charge in [0.2, 0.25) is 11.8 Å². The van der Waals surface area contributed by atoms with Crippen molar-refractivity contribution in [3.8, 4) is 18.4 Å². The Morgan fingerprint density at radius 2 is 2.35 bits per heavy atom. The lowest BCUT2D eigenvalue weighted by Crippen LogP contribution is -2.38. The van der Waals surface area contributed by atoms with E-state index in [0.29, 0.717) is 13.1 Å². The van der Waals surface area contributed by atoms with Gasteiger partial charge in [-0.2, -0.15) is 5.26 Å². The molecule has 90 valence electrons. The van der Waals surface area contributed by atoms with Crippen LogP contribution in [0.5, 0.6) is 0 Å². The molecular formula is C12H15N3O2. The first kappa shape index (κ1) is 13.1. The summed E-state index contributed by atoms with van der Waals surface area (Å²) in [6, 6.07) is 1.90. The van der Waals surface area contributed by atoms with Crippen molar-refractivity contribution in [2.75, 3.05) is 26.2 Å². The third-order valence-corrected chi connectivity index (χ3v) is 2.80. The molecule has 1 atom stereocenters. The number of carbonyl (C=O) groups excluding carboxylic acids is 2. The molecule has 0 aromatic rings. The van der Waals surface area contributed by atoms with Crippen molar-refractivity contribution in [1.29, 1.82) is 5.26 Å². The zero-order chi connectivity index (χ0) is 12.8. The minimum absolute atomic E-state index is 0.0107. The molecule has 5 heteroatoms. The molecule has 0 N–H and O–H groups in total. The number of nitrogens with zero attached hydrogens (tertiary/aromatic N) is 3. The molecule has 1 aliphatic heterocycles. The van der Waals surface area contributed by atoms with E-state index >= 15 is 0 Å². The molecule has 2 amide bonds. The van der Waals surface area contributed by atoms with E-state index in [-0.39, 0.29) is 37.2 Å². The van der Waals surface area contributed by atoms with Crippen LogP contribution in [0.1, 0.15) is 13.3 Å². The van der Waals surface area contributed by atoms with Gasteiger partial charge in [-0.25, -0.2) is 0 Å². The summed E-state index contributed by atoms with van der Waals surface area (Å²) in [5, 5.41) is 8.62. The smallest absolute Gasteiger partial charge is 0.229 e. The molecule has 1 heterocycles. The van der Waals surface area contributed by atoms with Crippen LogP contribution < -0.4 is 0 Å². The van der Waals surface area contributed by atoms with Gasteiger partial charge in [-0.1, -0.05) is 5.92 Å². The Balaban J connectivity index is 2.67. The Bertz CT molecular complexity index is 376. The lowest BCUT2D eigenvalue weighted by atomic mass is 10.1. The topological polar surface area (TPSA) is 64.4 Å². The molecule has 0 saturated carbocycles. The van der Waals surface area contributed by atoms with Gasteiger partial charge in [0.05, 0.1) is 18.5 Å². The van der Waals surface area contributed by atoms with Crippen molar-refractivity contribution in [3.05, 3.63) is 0 Å². The van der Waals surface area contributed by atoms with E-state index in [4.69, 9.17) is 11.7 Å². The first-order valence-electron chi connectivity index (χ1n) is 5.51. The van der Waals surface area contributed by atoms with Gasteiger partial charge in [0, 0.05) is 19.5 Å². The van der Waals surface area contributed by atoms with Crippen molar-refractivity contribution in [1.82, 2.24) is 9.80 Å². The highest BCUT2D eigenvalue weighted by atomic mass is 16.2. The first-order chi connectivity index (χ1) is 8.13. The van der Waals surface area contributed by atoms with Gasteiger partial charge < -0.3 is 9.80 Å². The molecule has 5 nitrogen and oxygen atoms in total. The number of hydrogen-bond donors (Lipinski definition) is 0. The molecule has 0 aromatic heterocycles. The first-order valence-corrected chi connectivity index (χ1v) is 5.51. The van der Waals surface area contributed by atoms with Crippen LogP contribution in [0.4, 0.5) is 0 Å². The van der Waals surface area contributed by atoms with Crippen LogP contribution in [0.2, 0.25) is 0 Å². The summed E-state index contributed by atoms with van der Waals surface area (Å²) >= 11 is 0. The van der Waals surface area contributed by atoms with Crippen LogP contribution in [0.25, 0.3) is 0 Å². The van der Waals surface area contributed by atoms with Crippen molar-refractivity contribution >= 4 is 11.8 Å². The Morgan fingerprint density at radius 3 is 2.82 bits per heavy atom. The molecule has 0 bridgehead atoms. The second kappa shape index (κ2) is 5.91. The van der Waals surface area contributed by atoms with Crippen LogP contribution >= 0.6 is 0 Å². The number of nitriles is 1. The van der Waals surface area contributed by atoms with Gasteiger partial charge in [0.15, 0.2) is 0 Å². The second-order valence-electron chi connectivity index (χ2n) is 3.89. The van der Waals surface area contributed by atoms with Crippen molar-refractivity contribution < 1.29 is 9.59 Å². The number of hydrogen-bond acceptors (Lipinski definition) is 3. The summed E-state index contributed by atoms with van der Waals surface area (Å²) in [5.74, 6) is 1.78. The van der Waals surface area contributed by atoms with Crippen molar-refractivity contribution in [3.63, 3.8) is 0 Å². The van der Waals surface area contributed by atoms with Gasteiger partial charge >= 0.3 is 0 Å². The van der Waals surface area contributed by atoms with Crippen LogP contribution in [-0.2, 0) is 9.59 Å². The van der Waals surface area contributed by atoms with E-state index in [0.717, 1.165) is 0 Å². The third kappa shape index (κ3) is 2.98. The van der Waals surface area contributed by atoms with E-state index in [1.54, 1.807) is 4.90 Å². The van der Waals surface area contributed by atoms with E-state index in [9.17, 15) is 9.59 Å². The number of terminal acetylenes is 1. The summed E-state index contributed by atoms with van der Waals surface area (Å²) in [5.41, 5.74) is 0. The fourth-order valence-corrected chi connectivity index (χ4v) is 1.91. The molecule has 0 aromatic carbocycles. The predicted octanol–water partition coefficient (Wildman–Crippen LogP) is -0.160. The largest absolute Gasteiger partial charge is 0.342 e. The molecule has 0 aliphatic carbocycles. The predicted molar refractivity (Wildman–Crippen MR) is 61.4 cm³/mol. The Labute approximate surface area is 101 Å². The molecular weight excluding hydrogens is 218 g/mol. The van der Waals surface area contributed by atoms with Crippen LogP contribution in [0.15, 0.2) is 0 Å². The van der Waals surface area contributed by atoms with Crippen LogP contribution in [0, 0.1) is 29.6 Å². The van der Waals surface area contributed by atoms with E-state index in [1.165, 1.54) is 4.90 Å². The van der Waals surface area contributed by atoms with Crippen LogP contribution in [0.3, 0.4) is 0 Å². The Morgan fingerprint density at radius 1 is 1.65 bits per heavy atom. The number of carbonyl (C=O) groups is 2. The SMILES string of the molecule is C#CCN(CC#N)C(=O)[C@@H]1CC(=O)N(CC)C1. The fourth-order valence-electron chi connectivity index (χ4n) is 1.91. The molecule has 0 spiro atoms. The van der Waals surface area contributed by atoms with Gasteiger partial charge in [0.1, 0.15) is 6.54 Å². The maximum Gasteiger partial charge on any atom is 0.229 e. The second-order valence-corrected chi connectivity index (χ2v) is 3.89. The normalized spacial score (nSPS) is 18.6. The molecule has 0 unspecified atom stereocenters. The van der Waals surface area contributed by atoms with Crippen molar-refractivity contribution in [2.45, 2.75) is 13.3 Å². The van der Waals surface area contributed by atoms with E-state index in [2.05, 4.69) is 5.92 Å². The number of rotatable bonds is 4. The highest BCUT2D eigenvalue weighted by Crippen LogP contribution is 2.19. The summed E-state index contributed by atoms with van der Waals surface area (Å²) in [7, 11) is 0. The fraction of sp³-hybridized carbons (Fsp3) is 0.583. The highest BCUT2D eigenvalue weighted by Gasteiger charge is 2.35. The summed E-state index contributed by atoms with van der Waals surface area (Å²) in [6.07, 6.45) is 5.37. The maximum absolute atomic E-state index is 12.0. The minimum Gasteiger partial charge on any atom is -0.342 e. The zero-order valence-corrected chi connectivity index (χ0v) is 9.85. The lowest BCUT2D eigenvalue weighted by Gasteiger charge is -2.20. The van der Waals surface area contributed by atoms with E-state index < -0.39 is 0 Å².